The van der Waals surface area contributed by atoms with E-state index in [0.29, 0.717) is 6.04 Å². The summed E-state index contributed by atoms with van der Waals surface area (Å²) in [5.74, 6) is 0. The highest BCUT2D eigenvalue weighted by atomic mass is 32.1. The molecule has 0 amide bonds. The number of nitrogens with one attached hydrogen (secondary N) is 1. The second-order valence-electron chi connectivity index (χ2n) is 4.91. The second-order valence-corrected chi connectivity index (χ2v) is 5.69. The fourth-order valence-electron chi connectivity index (χ4n) is 2.22. The van der Waals surface area contributed by atoms with Crippen LogP contribution in [-0.4, -0.2) is 21.1 Å². The van der Waals surface area contributed by atoms with Crippen molar-refractivity contribution in [2.45, 2.75) is 45.6 Å². The van der Waals surface area contributed by atoms with Gasteiger partial charge in [0.1, 0.15) is 0 Å². The van der Waals surface area contributed by atoms with Crippen LogP contribution in [0.15, 0.2) is 24.5 Å². The van der Waals surface area contributed by atoms with Crippen molar-refractivity contribution in [1.82, 2.24) is 19.9 Å². The van der Waals surface area contributed by atoms with Gasteiger partial charge in [0.2, 0.25) is 0 Å². The number of rotatable bonds is 8. The third-order valence-electron chi connectivity index (χ3n) is 3.19. The van der Waals surface area contributed by atoms with Crippen LogP contribution in [0.1, 0.15) is 48.9 Å². The van der Waals surface area contributed by atoms with Crippen molar-refractivity contribution < 1.29 is 0 Å². The zero-order chi connectivity index (χ0) is 14.2. The van der Waals surface area contributed by atoms with Gasteiger partial charge in [-0.15, -0.1) is 5.10 Å². The Morgan fingerprint density at radius 2 is 2.20 bits per heavy atom. The molecule has 1 N–H and O–H groups in total. The Morgan fingerprint density at radius 3 is 2.90 bits per heavy atom. The molecule has 0 bridgehead atoms. The van der Waals surface area contributed by atoms with E-state index in [2.05, 4.69) is 39.8 Å². The summed E-state index contributed by atoms with van der Waals surface area (Å²) in [6.45, 7) is 5.37. The van der Waals surface area contributed by atoms with Crippen LogP contribution in [0.25, 0.3) is 0 Å². The maximum atomic E-state index is 4.29. The molecule has 0 aromatic carbocycles. The monoisotopic (exact) mass is 290 g/mol. The zero-order valence-electron chi connectivity index (χ0n) is 12.2. The van der Waals surface area contributed by atoms with Gasteiger partial charge in [0, 0.05) is 18.4 Å². The first-order valence-electron chi connectivity index (χ1n) is 7.28. The molecular formula is C15H22N4S. The van der Waals surface area contributed by atoms with Crippen LogP contribution in [0.2, 0.25) is 0 Å². The lowest BCUT2D eigenvalue weighted by molar-refractivity contribution is 0.531. The van der Waals surface area contributed by atoms with Gasteiger partial charge in [0.25, 0.3) is 0 Å². The quantitative estimate of drug-likeness (QED) is 0.811. The largest absolute Gasteiger partial charge is 0.309 e. The number of hydrogen-bond donors (Lipinski definition) is 1. The van der Waals surface area contributed by atoms with Gasteiger partial charge in [-0.1, -0.05) is 30.8 Å². The minimum atomic E-state index is 0.292. The van der Waals surface area contributed by atoms with Crippen LogP contribution in [0.4, 0.5) is 0 Å². The fraction of sp³-hybridized carbons (Fsp3) is 0.533. The van der Waals surface area contributed by atoms with Crippen molar-refractivity contribution in [2.24, 2.45) is 0 Å². The lowest BCUT2D eigenvalue weighted by Gasteiger charge is -2.17. The van der Waals surface area contributed by atoms with E-state index < -0.39 is 0 Å². The van der Waals surface area contributed by atoms with Gasteiger partial charge in [0.05, 0.1) is 10.6 Å². The zero-order valence-corrected chi connectivity index (χ0v) is 13.0. The summed E-state index contributed by atoms with van der Waals surface area (Å²) in [5.41, 5.74) is 2.40. The van der Waals surface area contributed by atoms with Gasteiger partial charge in [-0.3, -0.25) is 4.98 Å². The van der Waals surface area contributed by atoms with Crippen LogP contribution in [0.5, 0.6) is 0 Å². The van der Waals surface area contributed by atoms with Crippen molar-refractivity contribution in [1.29, 1.82) is 0 Å². The highest BCUT2D eigenvalue weighted by molar-refractivity contribution is 7.05. The topological polar surface area (TPSA) is 50.7 Å². The molecule has 0 saturated heterocycles. The number of hydrogen-bond acceptors (Lipinski definition) is 5. The first-order chi connectivity index (χ1) is 9.85. The van der Waals surface area contributed by atoms with E-state index in [9.17, 15) is 0 Å². The van der Waals surface area contributed by atoms with E-state index in [1.807, 2.05) is 18.5 Å². The molecule has 1 atom stereocenters. The van der Waals surface area contributed by atoms with Crippen molar-refractivity contribution in [3.05, 3.63) is 40.7 Å². The summed E-state index contributed by atoms with van der Waals surface area (Å²) in [5, 5.41) is 7.91. The van der Waals surface area contributed by atoms with Crippen LogP contribution in [0.3, 0.4) is 0 Å². The molecular weight excluding hydrogens is 268 g/mol. The van der Waals surface area contributed by atoms with Gasteiger partial charge < -0.3 is 5.32 Å². The Kier molecular flexibility index (Phi) is 6.08. The molecule has 5 heteroatoms. The maximum absolute atomic E-state index is 4.29. The molecule has 2 rings (SSSR count). The van der Waals surface area contributed by atoms with Crippen LogP contribution >= 0.6 is 11.5 Å². The average Bonchev–Trinajstić information content (AvgIpc) is 2.93. The molecule has 0 saturated carbocycles. The van der Waals surface area contributed by atoms with Crippen LogP contribution in [0, 0.1) is 0 Å². The predicted molar refractivity (Wildman–Crippen MR) is 82.9 cm³/mol. The van der Waals surface area contributed by atoms with Gasteiger partial charge in [-0.05, 0) is 49.0 Å². The van der Waals surface area contributed by atoms with Crippen LogP contribution in [-0.2, 0) is 12.8 Å². The van der Waals surface area contributed by atoms with Crippen molar-refractivity contribution in [2.75, 3.05) is 6.54 Å². The van der Waals surface area contributed by atoms with E-state index in [-0.39, 0.29) is 0 Å². The predicted octanol–water partition coefficient (Wildman–Crippen LogP) is 3.17. The highest BCUT2D eigenvalue weighted by Gasteiger charge is 2.18. The minimum absolute atomic E-state index is 0.292. The van der Waals surface area contributed by atoms with Crippen molar-refractivity contribution >= 4 is 11.5 Å². The SMILES string of the molecule is CCCNC(Cc1cccnc1)c1snnc1CCC. The molecule has 2 aromatic rings. The first-order valence-corrected chi connectivity index (χ1v) is 8.05. The van der Waals surface area contributed by atoms with E-state index in [0.717, 1.165) is 37.9 Å². The lowest BCUT2D eigenvalue weighted by atomic mass is 10.0. The molecule has 20 heavy (non-hydrogen) atoms. The number of aryl methyl sites for hydroxylation is 1. The first kappa shape index (κ1) is 15.1. The summed E-state index contributed by atoms with van der Waals surface area (Å²) in [6.07, 6.45) is 7.92. The van der Waals surface area contributed by atoms with E-state index >= 15 is 0 Å². The molecule has 0 aliphatic rings. The van der Waals surface area contributed by atoms with Crippen LogP contribution < -0.4 is 5.32 Å². The van der Waals surface area contributed by atoms with Gasteiger partial charge in [0.15, 0.2) is 0 Å². The van der Waals surface area contributed by atoms with E-state index in [4.69, 9.17) is 0 Å². The van der Waals surface area contributed by atoms with Gasteiger partial charge in [-0.2, -0.15) is 0 Å². The van der Waals surface area contributed by atoms with Gasteiger partial charge >= 0.3 is 0 Å². The Balaban J connectivity index is 2.16. The summed E-state index contributed by atoms with van der Waals surface area (Å²) in [7, 11) is 0. The fourth-order valence-corrected chi connectivity index (χ4v) is 2.99. The van der Waals surface area contributed by atoms with Crippen molar-refractivity contribution in [3.63, 3.8) is 0 Å². The molecule has 2 heterocycles. The van der Waals surface area contributed by atoms with E-state index in [1.165, 1.54) is 22.0 Å². The Hall–Kier alpha value is -1.33. The molecule has 4 nitrogen and oxygen atoms in total. The molecule has 0 aliphatic heterocycles. The third-order valence-corrected chi connectivity index (χ3v) is 4.07. The third kappa shape index (κ3) is 4.08. The normalized spacial score (nSPS) is 12.5. The molecule has 0 fully saturated rings. The number of aromatic nitrogens is 3. The Labute approximate surface area is 124 Å². The number of nitrogens with zero attached hydrogens (tertiary/aromatic N) is 3. The summed E-state index contributed by atoms with van der Waals surface area (Å²) in [6, 6.07) is 4.41. The molecule has 108 valence electrons. The molecule has 0 spiro atoms. The van der Waals surface area contributed by atoms with Gasteiger partial charge in [-0.25, -0.2) is 0 Å². The summed E-state index contributed by atoms with van der Waals surface area (Å²) < 4.78 is 4.15. The second kappa shape index (κ2) is 8.07. The average molecular weight is 290 g/mol. The summed E-state index contributed by atoms with van der Waals surface area (Å²) in [4.78, 5) is 5.48. The smallest absolute Gasteiger partial charge is 0.0803 e. The molecule has 1 unspecified atom stereocenters. The molecule has 0 radical (unpaired) electrons. The molecule has 2 aromatic heterocycles. The van der Waals surface area contributed by atoms with Crippen molar-refractivity contribution in [3.8, 4) is 0 Å². The molecule has 0 aliphatic carbocycles. The highest BCUT2D eigenvalue weighted by Crippen LogP contribution is 2.25. The maximum Gasteiger partial charge on any atom is 0.0803 e. The Morgan fingerprint density at radius 1 is 1.30 bits per heavy atom. The minimum Gasteiger partial charge on any atom is -0.309 e. The van der Waals surface area contributed by atoms with E-state index in [1.54, 1.807) is 0 Å². The lowest BCUT2D eigenvalue weighted by Crippen LogP contribution is -2.24. The standard InChI is InChI=1S/C15H22N4S/c1-3-6-13-15(20-19-18-13)14(17-8-4-2)10-12-7-5-9-16-11-12/h5,7,9,11,14,17H,3-4,6,8,10H2,1-2H3. The summed E-state index contributed by atoms with van der Waals surface area (Å²) >= 11 is 1.52. The Bertz CT molecular complexity index is 498. The number of pyridine rings is 1.